The topological polar surface area (TPSA) is 95.7 Å². The molecule has 0 aromatic heterocycles. The van der Waals surface area contributed by atoms with Crippen molar-refractivity contribution in [1.29, 1.82) is 0 Å². The van der Waals surface area contributed by atoms with Crippen molar-refractivity contribution in [3.63, 3.8) is 0 Å². The van der Waals surface area contributed by atoms with Crippen LogP contribution in [0, 0.1) is 5.92 Å². The van der Waals surface area contributed by atoms with Gasteiger partial charge in [0.1, 0.15) is 6.04 Å². The molecular formula is C18H30N4O3. The molecule has 2 amide bonds. The minimum absolute atomic E-state index is 0.0151. The third-order valence-corrected chi connectivity index (χ3v) is 5.64. The Hall–Kier alpha value is -1.47. The van der Waals surface area contributed by atoms with Crippen molar-refractivity contribution >= 4 is 17.6 Å². The van der Waals surface area contributed by atoms with Crippen LogP contribution in [0.2, 0.25) is 0 Å². The van der Waals surface area contributed by atoms with Gasteiger partial charge in [0, 0.05) is 6.54 Å². The molecule has 140 valence electrons. The SMILES string of the molecule is CC(C)CC(N)C(=O)N1CCC2C1C(=O)CN2C(=O)C1CCCCN1. The van der Waals surface area contributed by atoms with Gasteiger partial charge in [0.2, 0.25) is 11.8 Å². The Balaban J connectivity index is 1.69. The number of amides is 2. The van der Waals surface area contributed by atoms with E-state index in [1.807, 2.05) is 13.8 Å². The summed E-state index contributed by atoms with van der Waals surface area (Å²) < 4.78 is 0. The van der Waals surface area contributed by atoms with Gasteiger partial charge >= 0.3 is 0 Å². The summed E-state index contributed by atoms with van der Waals surface area (Å²) in [7, 11) is 0. The fourth-order valence-electron chi connectivity index (χ4n) is 4.44. The lowest BCUT2D eigenvalue weighted by atomic mass is 10.0. The van der Waals surface area contributed by atoms with Gasteiger partial charge < -0.3 is 20.9 Å². The van der Waals surface area contributed by atoms with Gasteiger partial charge in [-0.1, -0.05) is 20.3 Å². The predicted molar refractivity (Wildman–Crippen MR) is 93.7 cm³/mol. The minimum atomic E-state index is -0.573. The van der Waals surface area contributed by atoms with Gasteiger partial charge in [-0.15, -0.1) is 0 Å². The van der Waals surface area contributed by atoms with E-state index >= 15 is 0 Å². The maximum Gasteiger partial charge on any atom is 0.240 e. The summed E-state index contributed by atoms with van der Waals surface area (Å²) in [5.74, 6) is 0.157. The third kappa shape index (κ3) is 3.58. The van der Waals surface area contributed by atoms with Gasteiger partial charge in [0.15, 0.2) is 5.78 Å². The van der Waals surface area contributed by atoms with Crippen LogP contribution < -0.4 is 11.1 Å². The van der Waals surface area contributed by atoms with Gasteiger partial charge in [-0.25, -0.2) is 0 Å². The molecule has 0 spiro atoms. The Kier molecular flexibility index (Phi) is 5.43. The van der Waals surface area contributed by atoms with E-state index in [4.69, 9.17) is 5.73 Å². The smallest absolute Gasteiger partial charge is 0.240 e. The number of hydrogen-bond donors (Lipinski definition) is 2. The molecule has 0 radical (unpaired) electrons. The molecule has 3 aliphatic rings. The van der Waals surface area contributed by atoms with Gasteiger partial charge in [-0.3, -0.25) is 14.4 Å². The monoisotopic (exact) mass is 350 g/mol. The number of likely N-dealkylation sites (tertiary alicyclic amines) is 2. The maximum absolute atomic E-state index is 12.8. The second-order valence-corrected chi connectivity index (χ2v) is 8.00. The summed E-state index contributed by atoms with van der Waals surface area (Å²) in [6.45, 7) is 5.53. The van der Waals surface area contributed by atoms with Crippen molar-refractivity contribution in [2.75, 3.05) is 19.6 Å². The van der Waals surface area contributed by atoms with Crippen LogP contribution in [0.1, 0.15) is 46.0 Å². The maximum atomic E-state index is 12.8. The molecule has 4 unspecified atom stereocenters. The fourth-order valence-corrected chi connectivity index (χ4v) is 4.44. The molecule has 0 aliphatic carbocycles. The molecule has 3 rings (SSSR count). The molecule has 3 fully saturated rings. The van der Waals surface area contributed by atoms with Crippen LogP contribution in [0.3, 0.4) is 0 Å². The molecule has 3 saturated heterocycles. The first kappa shape index (κ1) is 18.3. The number of fused-ring (bicyclic) bond motifs is 1. The second-order valence-electron chi connectivity index (χ2n) is 8.00. The number of nitrogens with one attached hydrogen (secondary N) is 1. The van der Waals surface area contributed by atoms with E-state index in [1.165, 1.54) is 0 Å². The zero-order chi connectivity index (χ0) is 18.1. The van der Waals surface area contributed by atoms with Crippen LogP contribution in [0.15, 0.2) is 0 Å². The predicted octanol–water partition coefficient (Wildman–Crippen LogP) is -0.117. The van der Waals surface area contributed by atoms with Crippen LogP contribution in [-0.4, -0.2) is 71.2 Å². The quantitative estimate of drug-likeness (QED) is 0.737. The van der Waals surface area contributed by atoms with Crippen molar-refractivity contribution in [3.8, 4) is 0 Å². The molecule has 3 heterocycles. The first-order valence-corrected chi connectivity index (χ1v) is 9.52. The highest BCUT2D eigenvalue weighted by Crippen LogP contribution is 2.31. The molecule has 3 N–H and O–H groups in total. The molecule has 4 atom stereocenters. The number of Topliss-reactive ketones (excluding diaryl/α,β-unsaturated/α-hetero) is 1. The highest BCUT2D eigenvalue weighted by atomic mass is 16.2. The van der Waals surface area contributed by atoms with Crippen molar-refractivity contribution in [2.24, 2.45) is 11.7 Å². The number of carbonyl (C=O) groups is 3. The van der Waals surface area contributed by atoms with E-state index in [2.05, 4.69) is 5.32 Å². The molecule has 0 saturated carbocycles. The van der Waals surface area contributed by atoms with Crippen molar-refractivity contribution in [3.05, 3.63) is 0 Å². The zero-order valence-corrected chi connectivity index (χ0v) is 15.2. The van der Waals surface area contributed by atoms with Crippen LogP contribution in [0.25, 0.3) is 0 Å². The number of carbonyl (C=O) groups excluding carboxylic acids is 3. The molecule has 7 heteroatoms. The lowest BCUT2D eigenvalue weighted by Gasteiger charge is -2.30. The normalized spacial score (nSPS) is 30.7. The highest BCUT2D eigenvalue weighted by Gasteiger charge is 2.52. The average molecular weight is 350 g/mol. The zero-order valence-electron chi connectivity index (χ0n) is 15.2. The van der Waals surface area contributed by atoms with Gasteiger partial charge in [0.25, 0.3) is 0 Å². The van der Waals surface area contributed by atoms with Crippen molar-refractivity contribution in [2.45, 2.75) is 70.1 Å². The number of rotatable bonds is 4. The lowest BCUT2D eigenvalue weighted by Crippen LogP contribution is -2.52. The molecule has 25 heavy (non-hydrogen) atoms. The Bertz CT molecular complexity index is 544. The summed E-state index contributed by atoms with van der Waals surface area (Å²) in [4.78, 5) is 41.4. The van der Waals surface area contributed by atoms with Gasteiger partial charge in [-0.2, -0.15) is 0 Å². The second kappa shape index (κ2) is 7.41. The largest absolute Gasteiger partial charge is 0.329 e. The Morgan fingerprint density at radius 3 is 2.64 bits per heavy atom. The fraction of sp³-hybridized carbons (Fsp3) is 0.833. The van der Waals surface area contributed by atoms with Crippen LogP contribution >= 0.6 is 0 Å². The molecule has 0 aromatic carbocycles. The summed E-state index contributed by atoms with van der Waals surface area (Å²) in [5.41, 5.74) is 6.04. The number of nitrogens with two attached hydrogens (primary N) is 1. The summed E-state index contributed by atoms with van der Waals surface area (Å²) in [6, 6.07) is -1.44. The number of nitrogens with zero attached hydrogens (tertiary/aromatic N) is 2. The van der Waals surface area contributed by atoms with Crippen molar-refractivity contribution < 1.29 is 14.4 Å². The first-order chi connectivity index (χ1) is 11.9. The van der Waals surface area contributed by atoms with E-state index in [9.17, 15) is 14.4 Å². The average Bonchev–Trinajstić information content (AvgIpc) is 3.15. The van der Waals surface area contributed by atoms with E-state index in [1.54, 1.807) is 9.80 Å². The number of ketones is 1. The molecule has 0 bridgehead atoms. The Morgan fingerprint density at radius 1 is 1.24 bits per heavy atom. The van der Waals surface area contributed by atoms with E-state index < -0.39 is 12.1 Å². The molecular weight excluding hydrogens is 320 g/mol. The Morgan fingerprint density at radius 2 is 2.00 bits per heavy atom. The highest BCUT2D eigenvalue weighted by molar-refractivity contribution is 5.99. The number of piperidine rings is 1. The Labute approximate surface area is 149 Å². The third-order valence-electron chi connectivity index (χ3n) is 5.64. The van der Waals surface area contributed by atoms with Gasteiger partial charge in [0.05, 0.1) is 24.7 Å². The summed E-state index contributed by atoms with van der Waals surface area (Å²) in [5, 5.41) is 3.26. The molecule has 7 nitrogen and oxygen atoms in total. The molecule has 0 aromatic rings. The standard InChI is InChI=1S/C18H30N4O3/c1-11(2)9-12(19)17(24)21-8-6-14-16(21)15(23)10-22(14)18(25)13-5-3-4-7-20-13/h11-14,16,20H,3-10,19H2,1-2H3. The molecule has 3 aliphatic heterocycles. The van der Waals surface area contributed by atoms with E-state index in [-0.39, 0.29) is 36.2 Å². The van der Waals surface area contributed by atoms with Crippen molar-refractivity contribution in [1.82, 2.24) is 15.1 Å². The van der Waals surface area contributed by atoms with E-state index in [0.717, 1.165) is 25.8 Å². The number of hydrogen-bond acceptors (Lipinski definition) is 5. The van der Waals surface area contributed by atoms with Crippen LogP contribution in [-0.2, 0) is 14.4 Å². The minimum Gasteiger partial charge on any atom is -0.329 e. The summed E-state index contributed by atoms with van der Waals surface area (Å²) >= 11 is 0. The first-order valence-electron chi connectivity index (χ1n) is 9.52. The summed E-state index contributed by atoms with van der Waals surface area (Å²) in [6.07, 6.45) is 4.21. The lowest BCUT2D eigenvalue weighted by molar-refractivity contribution is -0.137. The van der Waals surface area contributed by atoms with Crippen LogP contribution in [0.4, 0.5) is 0 Å². The van der Waals surface area contributed by atoms with E-state index in [0.29, 0.717) is 25.3 Å². The van der Waals surface area contributed by atoms with Crippen LogP contribution in [0.5, 0.6) is 0 Å². The van der Waals surface area contributed by atoms with Gasteiger partial charge in [-0.05, 0) is 38.1 Å².